The lowest BCUT2D eigenvalue weighted by molar-refractivity contribution is -0.384. The maximum Gasteiger partial charge on any atom is 0.435 e. The molecule has 0 unspecified atom stereocenters. The van der Waals surface area contributed by atoms with Crippen molar-refractivity contribution in [2.24, 2.45) is 0 Å². The van der Waals surface area contributed by atoms with E-state index in [4.69, 9.17) is 11.6 Å². The fourth-order valence-electron chi connectivity index (χ4n) is 1.55. The van der Waals surface area contributed by atoms with E-state index < -0.39 is 16.8 Å². The molecule has 0 radical (unpaired) electrons. The fourth-order valence-corrected chi connectivity index (χ4v) is 1.79. The van der Waals surface area contributed by atoms with Crippen molar-refractivity contribution < 1.29 is 18.1 Å². The van der Waals surface area contributed by atoms with Gasteiger partial charge in [-0.05, 0) is 17.7 Å². The fraction of sp³-hybridized carbons (Fsp3) is 0.182. The number of nitrogens with zero attached hydrogens (tertiary/aromatic N) is 3. The molecule has 0 fully saturated rings. The van der Waals surface area contributed by atoms with Gasteiger partial charge in [-0.25, -0.2) is 0 Å². The number of alkyl halides is 3. The second kappa shape index (κ2) is 5.12. The highest BCUT2D eigenvalue weighted by Crippen LogP contribution is 2.28. The molecule has 0 N–H and O–H groups in total. The summed E-state index contributed by atoms with van der Waals surface area (Å²) >= 11 is 5.85. The maximum atomic E-state index is 12.4. The van der Waals surface area contributed by atoms with Crippen molar-refractivity contribution in [3.05, 3.63) is 56.9 Å². The Bertz CT molecular complexity index is 655. The number of nitro groups is 1. The SMILES string of the molecule is O=[N+]([O-])c1ccc(Cn2ccc(C(F)(F)F)n2)c(Cl)c1. The lowest BCUT2D eigenvalue weighted by atomic mass is 10.2. The Morgan fingerprint density at radius 1 is 1.35 bits per heavy atom. The second-order valence-electron chi connectivity index (χ2n) is 3.93. The van der Waals surface area contributed by atoms with Gasteiger partial charge in [-0.2, -0.15) is 18.3 Å². The zero-order chi connectivity index (χ0) is 14.9. The van der Waals surface area contributed by atoms with E-state index in [1.165, 1.54) is 18.3 Å². The number of aromatic nitrogens is 2. The minimum absolute atomic E-state index is 0.00704. The molecule has 0 aliphatic rings. The van der Waals surface area contributed by atoms with Crippen LogP contribution in [0.4, 0.5) is 18.9 Å². The van der Waals surface area contributed by atoms with Gasteiger partial charge in [-0.15, -0.1) is 0 Å². The molecule has 0 saturated carbocycles. The Balaban J connectivity index is 2.22. The van der Waals surface area contributed by atoms with Crippen LogP contribution in [0, 0.1) is 10.1 Å². The van der Waals surface area contributed by atoms with Crippen LogP contribution in [0.3, 0.4) is 0 Å². The summed E-state index contributed by atoms with van der Waals surface area (Å²) in [5, 5.41) is 14.0. The zero-order valence-corrected chi connectivity index (χ0v) is 10.5. The molecule has 1 heterocycles. The third kappa shape index (κ3) is 3.08. The summed E-state index contributed by atoms with van der Waals surface area (Å²) in [7, 11) is 0. The molecule has 0 aliphatic heterocycles. The van der Waals surface area contributed by atoms with Gasteiger partial charge in [0.05, 0.1) is 16.5 Å². The van der Waals surface area contributed by atoms with Crippen LogP contribution in [-0.2, 0) is 12.7 Å². The second-order valence-corrected chi connectivity index (χ2v) is 4.34. The van der Waals surface area contributed by atoms with Crippen molar-refractivity contribution in [2.45, 2.75) is 12.7 Å². The van der Waals surface area contributed by atoms with E-state index in [2.05, 4.69) is 5.10 Å². The van der Waals surface area contributed by atoms with Crippen LogP contribution in [0.2, 0.25) is 5.02 Å². The third-order valence-electron chi connectivity index (χ3n) is 2.51. The maximum absolute atomic E-state index is 12.4. The Kier molecular flexibility index (Phi) is 3.67. The van der Waals surface area contributed by atoms with Crippen LogP contribution in [0.15, 0.2) is 30.5 Å². The average Bonchev–Trinajstić information content (AvgIpc) is 2.80. The van der Waals surface area contributed by atoms with Crippen LogP contribution in [0.5, 0.6) is 0 Å². The molecule has 20 heavy (non-hydrogen) atoms. The van der Waals surface area contributed by atoms with Gasteiger partial charge in [0, 0.05) is 18.3 Å². The molecule has 106 valence electrons. The first-order valence-electron chi connectivity index (χ1n) is 5.31. The zero-order valence-electron chi connectivity index (χ0n) is 9.76. The summed E-state index contributed by atoms with van der Waals surface area (Å²) in [6.07, 6.45) is -3.34. The number of nitro benzene ring substituents is 1. The highest BCUT2D eigenvalue weighted by atomic mass is 35.5. The standard InChI is InChI=1S/C11H7ClF3N3O2/c12-9-5-8(18(19)20)2-1-7(9)6-17-4-3-10(16-17)11(13,14)15/h1-5H,6H2. The van der Waals surface area contributed by atoms with Crippen molar-refractivity contribution >= 4 is 17.3 Å². The molecule has 0 bridgehead atoms. The van der Waals surface area contributed by atoms with Crippen LogP contribution >= 0.6 is 11.6 Å². The molecule has 0 aliphatic carbocycles. The van der Waals surface area contributed by atoms with E-state index in [0.717, 1.165) is 16.8 Å². The quantitative estimate of drug-likeness (QED) is 0.644. The first-order valence-corrected chi connectivity index (χ1v) is 5.68. The summed E-state index contributed by atoms with van der Waals surface area (Å²) in [5.74, 6) is 0. The number of hydrogen-bond acceptors (Lipinski definition) is 3. The van der Waals surface area contributed by atoms with Crippen molar-refractivity contribution in [3.8, 4) is 0 Å². The van der Waals surface area contributed by atoms with E-state index in [1.807, 2.05) is 0 Å². The predicted octanol–water partition coefficient (Wildman–Crippen LogP) is 3.51. The molecule has 2 aromatic rings. The van der Waals surface area contributed by atoms with E-state index in [0.29, 0.717) is 5.56 Å². The summed E-state index contributed by atoms with van der Waals surface area (Å²) in [4.78, 5) is 9.93. The van der Waals surface area contributed by atoms with Gasteiger partial charge in [-0.3, -0.25) is 14.8 Å². The van der Waals surface area contributed by atoms with Gasteiger partial charge in [-0.1, -0.05) is 11.6 Å². The van der Waals surface area contributed by atoms with Crippen LogP contribution in [0.1, 0.15) is 11.3 Å². The number of benzene rings is 1. The van der Waals surface area contributed by atoms with Crippen LogP contribution in [0.25, 0.3) is 0 Å². The lowest BCUT2D eigenvalue weighted by Crippen LogP contribution is -2.08. The number of hydrogen-bond donors (Lipinski definition) is 0. The highest BCUT2D eigenvalue weighted by Gasteiger charge is 2.33. The summed E-state index contributed by atoms with van der Waals surface area (Å²) in [5.41, 5.74) is -0.750. The van der Waals surface area contributed by atoms with Crippen LogP contribution in [-0.4, -0.2) is 14.7 Å². The molecule has 0 atom stereocenters. The summed E-state index contributed by atoms with van der Waals surface area (Å²) in [6, 6.07) is 4.61. The van der Waals surface area contributed by atoms with Gasteiger partial charge in [0.15, 0.2) is 5.69 Å². The van der Waals surface area contributed by atoms with E-state index >= 15 is 0 Å². The lowest BCUT2D eigenvalue weighted by Gasteiger charge is -2.05. The number of halogens is 4. The minimum atomic E-state index is -4.51. The molecule has 0 saturated heterocycles. The van der Waals surface area contributed by atoms with Crippen molar-refractivity contribution in [3.63, 3.8) is 0 Å². The normalized spacial score (nSPS) is 11.6. The van der Waals surface area contributed by atoms with Gasteiger partial charge >= 0.3 is 6.18 Å². The van der Waals surface area contributed by atoms with E-state index in [-0.39, 0.29) is 17.3 Å². The molecular weight excluding hydrogens is 299 g/mol. The molecule has 9 heteroatoms. The monoisotopic (exact) mass is 305 g/mol. The third-order valence-corrected chi connectivity index (χ3v) is 2.86. The molecule has 1 aromatic carbocycles. The van der Waals surface area contributed by atoms with E-state index in [1.54, 1.807) is 0 Å². The first-order chi connectivity index (χ1) is 9.27. The topological polar surface area (TPSA) is 61.0 Å². The molecule has 2 rings (SSSR count). The molecule has 1 aromatic heterocycles. The minimum Gasteiger partial charge on any atom is -0.268 e. The van der Waals surface area contributed by atoms with Gasteiger partial charge in [0.2, 0.25) is 0 Å². The molecular formula is C11H7ClF3N3O2. The smallest absolute Gasteiger partial charge is 0.268 e. The van der Waals surface area contributed by atoms with Gasteiger partial charge in [0.25, 0.3) is 5.69 Å². The Morgan fingerprint density at radius 3 is 2.55 bits per heavy atom. The highest BCUT2D eigenvalue weighted by molar-refractivity contribution is 6.31. The van der Waals surface area contributed by atoms with E-state index in [9.17, 15) is 23.3 Å². The van der Waals surface area contributed by atoms with Crippen molar-refractivity contribution in [1.82, 2.24) is 9.78 Å². The Morgan fingerprint density at radius 2 is 2.05 bits per heavy atom. The molecule has 0 spiro atoms. The molecule has 5 nitrogen and oxygen atoms in total. The first kappa shape index (κ1) is 14.3. The van der Waals surface area contributed by atoms with Crippen LogP contribution < -0.4 is 0 Å². The largest absolute Gasteiger partial charge is 0.435 e. The average molecular weight is 306 g/mol. The summed E-state index contributed by atoms with van der Waals surface area (Å²) in [6.45, 7) is -0.00704. The van der Waals surface area contributed by atoms with Crippen molar-refractivity contribution in [2.75, 3.05) is 0 Å². The summed E-state index contributed by atoms with van der Waals surface area (Å²) < 4.78 is 38.2. The van der Waals surface area contributed by atoms with Crippen molar-refractivity contribution in [1.29, 1.82) is 0 Å². The Labute approximate surface area is 115 Å². The van der Waals surface area contributed by atoms with Gasteiger partial charge in [0.1, 0.15) is 0 Å². The number of non-ortho nitro benzene ring substituents is 1. The predicted molar refractivity (Wildman–Crippen MR) is 64.4 cm³/mol. The Hall–Kier alpha value is -2.09. The van der Waals surface area contributed by atoms with Gasteiger partial charge < -0.3 is 0 Å². The number of rotatable bonds is 3. The molecule has 0 amide bonds.